The summed E-state index contributed by atoms with van der Waals surface area (Å²) in [6, 6.07) is 5.58. The van der Waals surface area contributed by atoms with Gasteiger partial charge in [0.05, 0.1) is 5.41 Å². The molecule has 0 bridgehead atoms. The van der Waals surface area contributed by atoms with Crippen molar-refractivity contribution in [2.24, 2.45) is 11.3 Å². The Bertz CT molecular complexity index is 588. The Kier molecular flexibility index (Phi) is 4.71. The SMILES string of the molecule is O=C(NCc1ccc(OC(F)(F)F)cc1)[C@@]12CCCC[C@H]1CNC2. The van der Waals surface area contributed by atoms with E-state index in [4.69, 9.17) is 0 Å². The zero-order valence-electron chi connectivity index (χ0n) is 13.3. The smallest absolute Gasteiger partial charge is 0.406 e. The molecule has 0 radical (unpaired) electrons. The van der Waals surface area contributed by atoms with E-state index in [1.54, 1.807) is 0 Å². The van der Waals surface area contributed by atoms with E-state index in [0.717, 1.165) is 31.4 Å². The first kappa shape index (κ1) is 17.1. The van der Waals surface area contributed by atoms with Gasteiger partial charge >= 0.3 is 6.36 Å². The third kappa shape index (κ3) is 3.66. The molecular weight excluding hydrogens is 321 g/mol. The highest BCUT2D eigenvalue weighted by Gasteiger charge is 2.49. The highest BCUT2D eigenvalue weighted by atomic mass is 19.4. The molecule has 0 unspecified atom stereocenters. The average Bonchev–Trinajstić information content (AvgIpc) is 2.97. The van der Waals surface area contributed by atoms with Crippen molar-refractivity contribution in [2.45, 2.75) is 38.6 Å². The number of nitrogens with one attached hydrogen (secondary N) is 2. The molecular formula is C17H21F3N2O2. The third-order valence-corrected chi connectivity index (χ3v) is 5.10. The van der Waals surface area contributed by atoms with Crippen LogP contribution in [-0.4, -0.2) is 25.4 Å². The topological polar surface area (TPSA) is 50.4 Å². The van der Waals surface area contributed by atoms with Crippen LogP contribution in [-0.2, 0) is 11.3 Å². The molecule has 2 fully saturated rings. The van der Waals surface area contributed by atoms with E-state index in [2.05, 4.69) is 15.4 Å². The van der Waals surface area contributed by atoms with Gasteiger partial charge in [0, 0.05) is 13.1 Å². The minimum absolute atomic E-state index is 0.0489. The Hall–Kier alpha value is -1.76. The molecule has 1 amide bonds. The zero-order chi connectivity index (χ0) is 17.2. The number of benzene rings is 1. The normalized spacial score (nSPS) is 26.7. The summed E-state index contributed by atoms with van der Waals surface area (Å²) in [6.45, 7) is 1.90. The summed E-state index contributed by atoms with van der Waals surface area (Å²) in [6.07, 6.45) is -0.490. The van der Waals surface area contributed by atoms with Crippen molar-refractivity contribution < 1.29 is 22.7 Å². The summed E-state index contributed by atoms with van der Waals surface area (Å²) in [7, 11) is 0. The molecule has 24 heavy (non-hydrogen) atoms. The fourth-order valence-corrected chi connectivity index (χ4v) is 3.86. The number of carbonyl (C=O) groups is 1. The van der Waals surface area contributed by atoms with Crippen LogP contribution in [0.5, 0.6) is 5.75 Å². The van der Waals surface area contributed by atoms with Gasteiger partial charge in [-0.1, -0.05) is 25.0 Å². The van der Waals surface area contributed by atoms with E-state index in [0.29, 0.717) is 19.0 Å². The molecule has 2 atom stereocenters. The van der Waals surface area contributed by atoms with Crippen molar-refractivity contribution in [3.8, 4) is 5.75 Å². The molecule has 1 aliphatic heterocycles. The van der Waals surface area contributed by atoms with Crippen molar-refractivity contribution >= 4 is 5.91 Å². The molecule has 4 nitrogen and oxygen atoms in total. The quantitative estimate of drug-likeness (QED) is 0.884. The lowest BCUT2D eigenvalue weighted by Crippen LogP contribution is -2.47. The van der Waals surface area contributed by atoms with E-state index in [1.807, 2.05) is 0 Å². The van der Waals surface area contributed by atoms with Gasteiger partial charge in [-0.3, -0.25) is 4.79 Å². The van der Waals surface area contributed by atoms with Crippen LogP contribution >= 0.6 is 0 Å². The molecule has 3 rings (SSSR count). The van der Waals surface area contributed by atoms with Gasteiger partial charge in [0.2, 0.25) is 5.91 Å². The molecule has 1 heterocycles. The van der Waals surface area contributed by atoms with Crippen molar-refractivity contribution in [3.63, 3.8) is 0 Å². The number of rotatable bonds is 4. The van der Waals surface area contributed by atoms with Gasteiger partial charge in [0.25, 0.3) is 0 Å². The predicted molar refractivity (Wildman–Crippen MR) is 82.2 cm³/mol. The Morgan fingerprint density at radius 3 is 2.75 bits per heavy atom. The van der Waals surface area contributed by atoms with Gasteiger partial charge in [0.1, 0.15) is 5.75 Å². The Morgan fingerprint density at radius 1 is 1.29 bits per heavy atom. The van der Waals surface area contributed by atoms with Crippen LogP contribution in [0.15, 0.2) is 24.3 Å². The van der Waals surface area contributed by atoms with E-state index in [-0.39, 0.29) is 17.1 Å². The summed E-state index contributed by atoms with van der Waals surface area (Å²) in [5, 5.41) is 6.29. The van der Waals surface area contributed by atoms with Gasteiger partial charge in [-0.25, -0.2) is 0 Å². The Labute approximate surface area is 138 Å². The van der Waals surface area contributed by atoms with Crippen LogP contribution in [0, 0.1) is 11.3 Å². The number of hydrogen-bond donors (Lipinski definition) is 2. The monoisotopic (exact) mass is 342 g/mol. The van der Waals surface area contributed by atoms with Gasteiger partial charge < -0.3 is 15.4 Å². The number of ether oxygens (including phenoxy) is 1. The average molecular weight is 342 g/mol. The van der Waals surface area contributed by atoms with Crippen LogP contribution in [0.3, 0.4) is 0 Å². The van der Waals surface area contributed by atoms with Crippen LogP contribution in [0.2, 0.25) is 0 Å². The molecule has 1 aliphatic carbocycles. The molecule has 0 aromatic heterocycles. The van der Waals surface area contributed by atoms with Crippen LogP contribution in [0.25, 0.3) is 0 Å². The number of carbonyl (C=O) groups excluding carboxylic acids is 1. The highest BCUT2D eigenvalue weighted by Crippen LogP contribution is 2.43. The molecule has 7 heteroatoms. The molecule has 1 saturated carbocycles. The maximum Gasteiger partial charge on any atom is 0.573 e. The van der Waals surface area contributed by atoms with Crippen molar-refractivity contribution in [3.05, 3.63) is 29.8 Å². The Balaban J connectivity index is 1.58. The van der Waals surface area contributed by atoms with E-state index in [9.17, 15) is 18.0 Å². The third-order valence-electron chi connectivity index (χ3n) is 5.10. The molecule has 2 aliphatic rings. The lowest BCUT2D eigenvalue weighted by Gasteiger charge is -2.37. The molecule has 132 valence electrons. The first-order chi connectivity index (χ1) is 11.4. The number of amides is 1. The molecule has 1 aromatic carbocycles. The van der Waals surface area contributed by atoms with Crippen molar-refractivity contribution in [1.29, 1.82) is 0 Å². The van der Waals surface area contributed by atoms with Crippen molar-refractivity contribution in [2.75, 3.05) is 13.1 Å². The first-order valence-electron chi connectivity index (χ1n) is 8.23. The summed E-state index contributed by atoms with van der Waals surface area (Å²) in [4.78, 5) is 12.7. The summed E-state index contributed by atoms with van der Waals surface area (Å²) in [5.74, 6) is 0.171. The maximum absolute atomic E-state index is 12.7. The summed E-state index contributed by atoms with van der Waals surface area (Å²) >= 11 is 0. The largest absolute Gasteiger partial charge is 0.573 e. The second-order valence-electron chi connectivity index (χ2n) is 6.60. The van der Waals surface area contributed by atoms with Crippen LogP contribution in [0.1, 0.15) is 31.2 Å². The summed E-state index contributed by atoms with van der Waals surface area (Å²) < 4.78 is 40.3. The fraction of sp³-hybridized carbons (Fsp3) is 0.588. The number of alkyl halides is 3. The Morgan fingerprint density at radius 2 is 2.04 bits per heavy atom. The minimum Gasteiger partial charge on any atom is -0.406 e. The minimum atomic E-state index is -4.69. The van der Waals surface area contributed by atoms with Gasteiger partial charge in [-0.15, -0.1) is 13.2 Å². The second-order valence-corrected chi connectivity index (χ2v) is 6.60. The predicted octanol–water partition coefficient (Wildman–Crippen LogP) is 2.98. The molecule has 2 N–H and O–H groups in total. The maximum atomic E-state index is 12.7. The lowest BCUT2D eigenvalue weighted by atomic mass is 9.67. The lowest BCUT2D eigenvalue weighted by molar-refractivity contribution is -0.274. The number of halogens is 3. The van der Waals surface area contributed by atoms with E-state index >= 15 is 0 Å². The van der Waals surface area contributed by atoms with E-state index < -0.39 is 6.36 Å². The van der Waals surface area contributed by atoms with Gasteiger partial charge in [0.15, 0.2) is 0 Å². The first-order valence-corrected chi connectivity index (χ1v) is 8.23. The van der Waals surface area contributed by atoms with Crippen molar-refractivity contribution in [1.82, 2.24) is 10.6 Å². The zero-order valence-corrected chi connectivity index (χ0v) is 13.3. The summed E-state index contributed by atoms with van der Waals surface area (Å²) in [5.41, 5.74) is 0.421. The fourth-order valence-electron chi connectivity index (χ4n) is 3.86. The van der Waals surface area contributed by atoms with Gasteiger partial charge in [-0.05, 0) is 43.0 Å². The van der Waals surface area contributed by atoms with E-state index in [1.165, 1.54) is 30.7 Å². The molecule has 1 aromatic rings. The number of fused-ring (bicyclic) bond motifs is 1. The molecule has 1 saturated heterocycles. The highest BCUT2D eigenvalue weighted by molar-refractivity contribution is 5.83. The number of hydrogen-bond acceptors (Lipinski definition) is 3. The second kappa shape index (κ2) is 6.63. The molecule has 0 spiro atoms. The van der Waals surface area contributed by atoms with Crippen LogP contribution < -0.4 is 15.4 Å². The van der Waals surface area contributed by atoms with Crippen LogP contribution in [0.4, 0.5) is 13.2 Å². The van der Waals surface area contributed by atoms with Gasteiger partial charge in [-0.2, -0.15) is 0 Å². The standard InChI is InChI=1S/C17H21F3N2O2/c18-17(19,20)24-14-6-4-12(5-7-14)9-22-15(23)16-8-2-1-3-13(16)10-21-11-16/h4-7,13,21H,1-3,8-11H2,(H,22,23)/t13-,16+/m0/s1.